The highest BCUT2D eigenvalue weighted by atomic mass is 15.0. The van der Waals surface area contributed by atoms with E-state index in [-0.39, 0.29) is 5.41 Å². The molecule has 238 valence electrons. The van der Waals surface area contributed by atoms with Crippen molar-refractivity contribution in [3.05, 3.63) is 168 Å². The molecule has 0 bridgehead atoms. The van der Waals surface area contributed by atoms with Gasteiger partial charge in [-0.1, -0.05) is 86.6 Å². The van der Waals surface area contributed by atoms with Gasteiger partial charge in [-0.15, -0.1) is 0 Å². The topological polar surface area (TPSA) is 57.4 Å². The van der Waals surface area contributed by atoms with E-state index in [1.807, 2.05) is 36.4 Å². The number of nitrogens with zero attached hydrogens (tertiary/aromatic N) is 4. The molecule has 1 aliphatic rings. The summed E-state index contributed by atoms with van der Waals surface area (Å²) in [5.74, 6) is 0. The first-order valence-electron chi connectivity index (χ1n) is 17.2. The van der Waals surface area contributed by atoms with Crippen molar-refractivity contribution >= 4 is 43.6 Å². The lowest BCUT2D eigenvalue weighted by atomic mass is 9.82. The summed E-state index contributed by atoms with van der Waals surface area (Å²) in [7, 11) is 0. The van der Waals surface area contributed by atoms with Gasteiger partial charge in [0, 0.05) is 38.3 Å². The third kappa shape index (κ3) is 4.05. The summed E-state index contributed by atoms with van der Waals surface area (Å²) in [6.45, 7) is 4.68. The van der Waals surface area contributed by atoms with Gasteiger partial charge in [-0.2, -0.15) is 10.5 Å². The number of benzene rings is 7. The molecule has 1 aliphatic carbocycles. The van der Waals surface area contributed by atoms with Crippen molar-refractivity contribution in [2.45, 2.75) is 19.3 Å². The molecule has 4 nitrogen and oxygen atoms in total. The lowest BCUT2D eigenvalue weighted by Crippen LogP contribution is -2.14. The lowest BCUT2D eigenvalue weighted by Gasteiger charge is -2.21. The van der Waals surface area contributed by atoms with E-state index in [2.05, 4.69) is 144 Å². The molecule has 0 saturated heterocycles. The predicted molar refractivity (Wildman–Crippen MR) is 208 cm³/mol. The Morgan fingerprint density at radius 1 is 0.471 bits per heavy atom. The minimum atomic E-state index is -0.0688. The minimum Gasteiger partial charge on any atom is -0.309 e. The van der Waals surface area contributed by atoms with Crippen LogP contribution in [0.4, 0.5) is 0 Å². The van der Waals surface area contributed by atoms with E-state index in [0.29, 0.717) is 11.1 Å². The quantitative estimate of drug-likeness (QED) is 0.191. The highest BCUT2D eigenvalue weighted by Gasteiger charge is 2.37. The van der Waals surface area contributed by atoms with Gasteiger partial charge in [-0.3, -0.25) is 0 Å². The molecular weight excluding hydrogens is 621 g/mol. The second kappa shape index (κ2) is 10.6. The van der Waals surface area contributed by atoms with Gasteiger partial charge in [0.05, 0.1) is 45.3 Å². The standard InChI is InChI=1S/C47H30N4/c1-47(2)39-15-5-3-13-35(39)45-40(47)19-22-44-46(45)36-14-4-6-16-41(36)51(44)34-12-8-10-32(26-34)31-9-7-11-33(25-31)50-42-20-17-29(27-48)23-37(42)38-24-30(28-49)18-21-43(38)50/h3-26H,1-2H3. The average Bonchev–Trinajstić information content (AvgIpc) is 3.77. The van der Waals surface area contributed by atoms with Gasteiger partial charge in [0.1, 0.15) is 0 Å². The van der Waals surface area contributed by atoms with Crippen molar-refractivity contribution in [1.82, 2.24) is 9.13 Å². The van der Waals surface area contributed by atoms with Gasteiger partial charge in [-0.25, -0.2) is 0 Å². The summed E-state index contributed by atoms with van der Waals surface area (Å²) >= 11 is 0. The lowest BCUT2D eigenvalue weighted by molar-refractivity contribution is 0.661. The van der Waals surface area contributed by atoms with Crippen molar-refractivity contribution in [2.75, 3.05) is 0 Å². The maximum Gasteiger partial charge on any atom is 0.0991 e. The predicted octanol–water partition coefficient (Wildman–Crippen LogP) is 11.6. The second-order valence-corrected chi connectivity index (χ2v) is 14.0. The Labute approximate surface area is 295 Å². The van der Waals surface area contributed by atoms with Crippen LogP contribution in [0.2, 0.25) is 0 Å². The first-order chi connectivity index (χ1) is 25.0. The van der Waals surface area contributed by atoms with E-state index in [0.717, 1.165) is 44.3 Å². The van der Waals surface area contributed by atoms with Gasteiger partial charge < -0.3 is 9.13 Å². The second-order valence-electron chi connectivity index (χ2n) is 14.0. The maximum absolute atomic E-state index is 9.65. The van der Waals surface area contributed by atoms with Gasteiger partial charge >= 0.3 is 0 Å². The van der Waals surface area contributed by atoms with Crippen LogP contribution >= 0.6 is 0 Å². The molecule has 0 amide bonds. The fraction of sp³-hybridized carbons (Fsp3) is 0.0638. The molecule has 0 fully saturated rings. The highest BCUT2D eigenvalue weighted by Crippen LogP contribution is 2.53. The van der Waals surface area contributed by atoms with E-state index >= 15 is 0 Å². The van der Waals surface area contributed by atoms with Crippen molar-refractivity contribution in [3.63, 3.8) is 0 Å². The largest absolute Gasteiger partial charge is 0.309 e. The molecule has 0 spiro atoms. The average molecular weight is 651 g/mol. The zero-order valence-electron chi connectivity index (χ0n) is 28.1. The monoisotopic (exact) mass is 650 g/mol. The number of aromatic nitrogens is 2. The molecule has 0 atom stereocenters. The van der Waals surface area contributed by atoms with Gasteiger partial charge in [0.2, 0.25) is 0 Å². The van der Waals surface area contributed by atoms with Crippen LogP contribution in [-0.2, 0) is 5.41 Å². The molecule has 51 heavy (non-hydrogen) atoms. The van der Waals surface area contributed by atoms with Crippen LogP contribution in [-0.4, -0.2) is 9.13 Å². The molecule has 9 aromatic rings. The molecule has 10 rings (SSSR count). The van der Waals surface area contributed by atoms with Crippen molar-refractivity contribution in [1.29, 1.82) is 10.5 Å². The molecule has 4 heteroatoms. The highest BCUT2D eigenvalue weighted by molar-refractivity contribution is 6.18. The number of nitriles is 2. The van der Waals surface area contributed by atoms with Crippen LogP contribution in [0.3, 0.4) is 0 Å². The van der Waals surface area contributed by atoms with Crippen LogP contribution in [0.1, 0.15) is 36.1 Å². The molecule has 0 aliphatic heterocycles. The van der Waals surface area contributed by atoms with Crippen LogP contribution in [0, 0.1) is 22.7 Å². The number of fused-ring (bicyclic) bond motifs is 10. The van der Waals surface area contributed by atoms with E-state index in [9.17, 15) is 10.5 Å². The maximum atomic E-state index is 9.65. The zero-order chi connectivity index (χ0) is 34.4. The molecule has 0 unspecified atom stereocenters. The third-order valence-electron chi connectivity index (χ3n) is 10.9. The van der Waals surface area contributed by atoms with Crippen molar-refractivity contribution in [3.8, 4) is 45.8 Å². The zero-order valence-corrected chi connectivity index (χ0v) is 28.1. The van der Waals surface area contributed by atoms with Crippen LogP contribution in [0.25, 0.3) is 77.2 Å². The van der Waals surface area contributed by atoms with Crippen LogP contribution in [0.15, 0.2) is 146 Å². The molecule has 2 heterocycles. The smallest absolute Gasteiger partial charge is 0.0991 e. The van der Waals surface area contributed by atoms with Gasteiger partial charge in [0.15, 0.2) is 0 Å². The summed E-state index contributed by atoms with van der Waals surface area (Å²) in [4.78, 5) is 0. The minimum absolute atomic E-state index is 0.0688. The van der Waals surface area contributed by atoms with Gasteiger partial charge in [0.25, 0.3) is 0 Å². The first kappa shape index (κ1) is 29.1. The number of rotatable bonds is 3. The Hall–Kier alpha value is -6.88. The number of hydrogen-bond donors (Lipinski definition) is 0. The fourth-order valence-corrected chi connectivity index (χ4v) is 8.62. The van der Waals surface area contributed by atoms with Crippen molar-refractivity contribution < 1.29 is 0 Å². The first-order valence-corrected chi connectivity index (χ1v) is 17.2. The Balaban J connectivity index is 1.16. The summed E-state index contributed by atoms with van der Waals surface area (Å²) in [5.41, 5.74) is 15.3. The molecular formula is C47H30N4. The normalized spacial score (nSPS) is 13.0. The molecule has 0 N–H and O–H groups in total. The van der Waals surface area contributed by atoms with Gasteiger partial charge in [-0.05, 0) is 106 Å². The number of hydrogen-bond acceptors (Lipinski definition) is 2. The van der Waals surface area contributed by atoms with Crippen molar-refractivity contribution in [2.24, 2.45) is 0 Å². The molecule has 0 saturated carbocycles. The Bertz CT molecular complexity index is 2960. The summed E-state index contributed by atoms with van der Waals surface area (Å²) < 4.78 is 4.64. The number of para-hydroxylation sites is 1. The van der Waals surface area contributed by atoms with Crippen LogP contribution < -0.4 is 0 Å². The third-order valence-corrected chi connectivity index (χ3v) is 10.9. The van der Waals surface area contributed by atoms with E-state index in [1.165, 1.54) is 44.1 Å². The van der Waals surface area contributed by atoms with E-state index in [4.69, 9.17) is 0 Å². The van der Waals surface area contributed by atoms with Crippen LogP contribution in [0.5, 0.6) is 0 Å². The Kier molecular flexibility index (Phi) is 6.02. The molecule has 0 radical (unpaired) electrons. The molecule has 2 aromatic heterocycles. The molecule has 7 aromatic carbocycles. The summed E-state index contributed by atoms with van der Waals surface area (Å²) in [6.07, 6.45) is 0. The Morgan fingerprint density at radius 2 is 1.02 bits per heavy atom. The van der Waals surface area contributed by atoms with E-state index < -0.39 is 0 Å². The summed E-state index contributed by atoms with van der Waals surface area (Å²) in [5, 5.41) is 23.8. The van der Waals surface area contributed by atoms with E-state index in [1.54, 1.807) is 0 Å². The SMILES string of the molecule is CC1(C)c2ccccc2-c2c1ccc1c2c2ccccc2n1-c1cccc(-c2cccc(-n3c4ccc(C#N)cc4c4cc(C#N)ccc43)c2)c1. The Morgan fingerprint density at radius 3 is 1.67 bits per heavy atom. The summed E-state index contributed by atoms with van der Waals surface area (Å²) in [6, 6.07) is 55.9. The fourth-order valence-electron chi connectivity index (χ4n) is 8.62.